The molecule has 3 nitrogen and oxygen atoms in total. The molecular formula is C15H11BrClNO2. The molecule has 2 rings (SSSR count). The summed E-state index contributed by atoms with van der Waals surface area (Å²) in [4.78, 5) is 23.3. The van der Waals surface area contributed by atoms with Crippen molar-refractivity contribution in [2.45, 2.75) is 6.92 Å². The Morgan fingerprint density at radius 2 is 1.75 bits per heavy atom. The van der Waals surface area contributed by atoms with Crippen molar-refractivity contribution in [3.05, 3.63) is 63.1 Å². The minimum absolute atomic E-state index is 0.154. The molecule has 0 atom stereocenters. The fourth-order valence-electron chi connectivity index (χ4n) is 1.74. The number of carbonyl (C=O) groups is 2. The van der Waals surface area contributed by atoms with E-state index in [1.165, 1.54) is 6.92 Å². The Balaban J connectivity index is 2.29. The van der Waals surface area contributed by atoms with E-state index in [0.717, 1.165) is 0 Å². The molecule has 0 fully saturated rings. The summed E-state index contributed by atoms with van der Waals surface area (Å²) < 4.78 is 0.680. The van der Waals surface area contributed by atoms with E-state index in [-0.39, 0.29) is 11.7 Å². The number of benzene rings is 2. The number of nitrogens with one attached hydrogen (secondary N) is 1. The summed E-state index contributed by atoms with van der Waals surface area (Å²) in [7, 11) is 0. The van der Waals surface area contributed by atoms with Gasteiger partial charge in [-0.15, -0.1) is 0 Å². The van der Waals surface area contributed by atoms with Crippen LogP contribution in [0.4, 0.5) is 5.69 Å². The number of anilines is 1. The third-order valence-electron chi connectivity index (χ3n) is 2.66. The number of hydrogen-bond donors (Lipinski definition) is 1. The maximum Gasteiger partial charge on any atom is 0.221 e. The van der Waals surface area contributed by atoms with Gasteiger partial charge in [0.2, 0.25) is 5.91 Å². The summed E-state index contributed by atoms with van der Waals surface area (Å²) >= 11 is 9.41. The zero-order chi connectivity index (χ0) is 14.7. The summed E-state index contributed by atoms with van der Waals surface area (Å²) in [5.41, 5.74) is 1.60. The number of rotatable bonds is 3. The SMILES string of the molecule is CC(=O)Nc1ccc(C(=O)c2cccc(Br)c2Cl)cc1. The third-order valence-corrected chi connectivity index (χ3v) is 3.96. The lowest BCUT2D eigenvalue weighted by molar-refractivity contribution is -0.114. The third kappa shape index (κ3) is 3.26. The van der Waals surface area contributed by atoms with Crippen molar-refractivity contribution in [3.8, 4) is 0 Å². The first-order valence-electron chi connectivity index (χ1n) is 5.85. The Kier molecular flexibility index (Phi) is 4.57. The van der Waals surface area contributed by atoms with Crippen LogP contribution in [0.1, 0.15) is 22.8 Å². The molecule has 0 saturated carbocycles. The Labute approximate surface area is 130 Å². The van der Waals surface area contributed by atoms with Crippen molar-refractivity contribution in [2.24, 2.45) is 0 Å². The molecular weight excluding hydrogens is 342 g/mol. The zero-order valence-corrected chi connectivity index (χ0v) is 13.0. The smallest absolute Gasteiger partial charge is 0.221 e. The Bertz CT molecular complexity index is 668. The molecule has 1 amide bonds. The molecule has 0 spiro atoms. The van der Waals surface area contributed by atoms with Gasteiger partial charge in [0.05, 0.1) is 5.02 Å². The van der Waals surface area contributed by atoms with Crippen molar-refractivity contribution in [2.75, 3.05) is 5.32 Å². The van der Waals surface area contributed by atoms with Gasteiger partial charge < -0.3 is 5.32 Å². The second kappa shape index (κ2) is 6.20. The molecule has 0 aliphatic rings. The van der Waals surface area contributed by atoms with E-state index in [4.69, 9.17) is 11.6 Å². The van der Waals surface area contributed by atoms with Crippen molar-refractivity contribution >= 4 is 44.9 Å². The molecule has 0 aliphatic heterocycles. The first-order valence-corrected chi connectivity index (χ1v) is 7.02. The Morgan fingerprint density at radius 3 is 2.35 bits per heavy atom. The second-order valence-electron chi connectivity index (χ2n) is 4.19. The normalized spacial score (nSPS) is 10.2. The summed E-state index contributed by atoms with van der Waals surface area (Å²) in [6.07, 6.45) is 0. The van der Waals surface area contributed by atoms with Crippen LogP contribution in [0.15, 0.2) is 46.9 Å². The van der Waals surface area contributed by atoms with Crippen LogP contribution < -0.4 is 5.32 Å². The van der Waals surface area contributed by atoms with Gasteiger partial charge in [-0.3, -0.25) is 9.59 Å². The van der Waals surface area contributed by atoms with Gasteiger partial charge in [-0.25, -0.2) is 0 Å². The van der Waals surface area contributed by atoms with Gasteiger partial charge in [-0.1, -0.05) is 17.7 Å². The van der Waals surface area contributed by atoms with Crippen LogP contribution in [0.25, 0.3) is 0 Å². The number of halogens is 2. The maximum absolute atomic E-state index is 12.4. The van der Waals surface area contributed by atoms with Gasteiger partial charge in [-0.05, 0) is 52.3 Å². The highest BCUT2D eigenvalue weighted by molar-refractivity contribution is 9.10. The van der Waals surface area contributed by atoms with Crippen LogP contribution in [0.3, 0.4) is 0 Å². The van der Waals surface area contributed by atoms with Crippen molar-refractivity contribution in [3.63, 3.8) is 0 Å². The topological polar surface area (TPSA) is 46.2 Å². The average Bonchev–Trinajstić information content (AvgIpc) is 2.41. The lowest BCUT2D eigenvalue weighted by atomic mass is 10.0. The standard InChI is InChI=1S/C15H11BrClNO2/c1-9(19)18-11-7-5-10(6-8-11)15(20)12-3-2-4-13(16)14(12)17/h2-8H,1H3,(H,18,19). The molecule has 1 N–H and O–H groups in total. The summed E-state index contributed by atoms with van der Waals surface area (Å²) in [5, 5.41) is 3.04. The number of amides is 1. The Morgan fingerprint density at radius 1 is 1.10 bits per heavy atom. The van der Waals surface area contributed by atoms with Gasteiger partial charge in [0.25, 0.3) is 0 Å². The molecule has 0 aliphatic carbocycles. The molecule has 20 heavy (non-hydrogen) atoms. The first-order chi connectivity index (χ1) is 9.49. The van der Waals surface area contributed by atoms with Gasteiger partial charge in [0.15, 0.2) is 5.78 Å². The summed E-state index contributed by atoms with van der Waals surface area (Å²) in [6, 6.07) is 11.9. The second-order valence-corrected chi connectivity index (χ2v) is 5.42. The van der Waals surface area contributed by atoms with E-state index in [2.05, 4.69) is 21.2 Å². The number of hydrogen-bond acceptors (Lipinski definition) is 2. The van der Waals surface area contributed by atoms with E-state index in [0.29, 0.717) is 26.3 Å². The van der Waals surface area contributed by atoms with E-state index in [1.54, 1.807) is 42.5 Å². The lowest BCUT2D eigenvalue weighted by Gasteiger charge is -2.06. The molecule has 0 heterocycles. The van der Waals surface area contributed by atoms with Crippen LogP contribution in [-0.2, 0) is 4.79 Å². The first kappa shape index (κ1) is 14.8. The molecule has 0 radical (unpaired) electrons. The van der Waals surface area contributed by atoms with Gasteiger partial charge >= 0.3 is 0 Å². The largest absolute Gasteiger partial charge is 0.326 e. The minimum Gasteiger partial charge on any atom is -0.326 e. The average molecular weight is 353 g/mol. The van der Waals surface area contributed by atoms with E-state index >= 15 is 0 Å². The van der Waals surface area contributed by atoms with E-state index in [1.807, 2.05) is 0 Å². The molecule has 0 bridgehead atoms. The van der Waals surface area contributed by atoms with Gasteiger partial charge in [0.1, 0.15) is 0 Å². The predicted octanol–water partition coefficient (Wildman–Crippen LogP) is 4.29. The summed E-state index contributed by atoms with van der Waals surface area (Å²) in [5.74, 6) is -0.315. The molecule has 2 aromatic rings. The minimum atomic E-state index is -0.161. The molecule has 5 heteroatoms. The van der Waals surface area contributed by atoms with Crippen LogP contribution in [0, 0.1) is 0 Å². The fourth-order valence-corrected chi connectivity index (χ4v) is 2.32. The fraction of sp³-hybridized carbons (Fsp3) is 0.0667. The summed E-state index contributed by atoms with van der Waals surface area (Å²) in [6.45, 7) is 1.43. The molecule has 0 aromatic heterocycles. The van der Waals surface area contributed by atoms with Crippen molar-refractivity contribution in [1.29, 1.82) is 0 Å². The van der Waals surface area contributed by atoms with Crippen LogP contribution in [-0.4, -0.2) is 11.7 Å². The number of ketones is 1. The van der Waals surface area contributed by atoms with Gasteiger partial charge in [-0.2, -0.15) is 0 Å². The molecule has 102 valence electrons. The maximum atomic E-state index is 12.4. The van der Waals surface area contributed by atoms with Crippen LogP contribution >= 0.6 is 27.5 Å². The lowest BCUT2D eigenvalue weighted by Crippen LogP contribution is -2.06. The molecule has 0 saturated heterocycles. The number of carbonyl (C=O) groups excluding carboxylic acids is 2. The van der Waals surface area contributed by atoms with E-state index < -0.39 is 0 Å². The van der Waals surface area contributed by atoms with Crippen molar-refractivity contribution in [1.82, 2.24) is 0 Å². The van der Waals surface area contributed by atoms with Gasteiger partial charge in [0, 0.05) is 28.2 Å². The molecule has 0 unspecified atom stereocenters. The van der Waals surface area contributed by atoms with Crippen molar-refractivity contribution < 1.29 is 9.59 Å². The zero-order valence-electron chi connectivity index (χ0n) is 10.6. The highest BCUT2D eigenvalue weighted by atomic mass is 79.9. The monoisotopic (exact) mass is 351 g/mol. The highest BCUT2D eigenvalue weighted by Crippen LogP contribution is 2.28. The Hall–Kier alpha value is -1.65. The predicted molar refractivity (Wildman–Crippen MR) is 83.3 cm³/mol. The van der Waals surface area contributed by atoms with Crippen LogP contribution in [0.2, 0.25) is 5.02 Å². The van der Waals surface area contributed by atoms with E-state index in [9.17, 15) is 9.59 Å². The highest BCUT2D eigenvalue weighted by Gasteiger charge is 2.14. The molecule has 2 aromatic carbocycles. The quantitative estimate of drug-likeness (QED) is 0.838. The van der Waals surface area contributed by atoms with Crippen LogP contribution in [0.5, 0.6) is 0 Å².